The highest BCUT2D eigenvalue weighted by molar-refractivity contribution is 6.20. The second-order valence-corrected chi connectivity index (χ2v) is 4.28. The Morgan fingerprint density at radius 3 is 1.52 bits per heavy atom. The van der Waals surface area contributed by atoms with Gasteiger partial charge in [0.1, 0.15) is 11.5 Å². The smallest absolute Gasteiger partial charge is 0.527 e. The monoisotopic (exact) mass is 288 g/mol. The van der Waals surface area contributed by atoms with Crippen LogP contribution >= 0.6 is 0 Å². The van der Waals surface area contributed by atoms with Crippen LogP contribution in [0.1, 0.15) is 11.4 Å². The summed E-state index contributed by atoms with van der Waals surface area (Å²) in [6.07, 6.45) is 0. The summed E-state index contributed by atoms with van der Waals surface area (Å²) in [5, 5.41) is 0. The summed E-state index contributed by atoms with van der Waals surface area (Å²) in [6, 6.07) is 7.07. The Hall–Kier alpha value is -2.44. The van der Waals surface area contributed by atoms with Gasteiger partial charge in [-0.25, -0.2) is 9.97 Å². The standard InChI is InChI=1S/C14H17BN2O4/c1-9-11(5-7-13(16-9)18-3)20-15-21-12-6-8-14(19-4)17-10(12)2/h5-8,15H,1-4H3. The molecule has 7 heteroatoms. The van der Waals surface area contributed by atoms with Crippen LogP contribution in [0.15, 0.2) is 24.3 Å². The minimum Gasteiger partial charge on any atom is -0.527 e. The fourth-order valence-electron chi connectivity index (χ4n) is 1.74. The van der Waals surface area contributed by atoms with E-state index in [0.29, 0.717) is 23.3 Å². The summed E-state index contributed by atoms with van der Waals surface area (Å²) < 4.78 is 21.2. The maximum Gasteiger partial charge on any atom is 0.576 e. The van der Waals surface area contributed by atoms with Crippen LogP contribution < -0.4 is 18.8 Å². The number of nitrogens with zero attached hydrogens (tertiary/aromatic N) is 2. The van der Waals surface area contributed by atoms with Crippen LogP contribution in [0.2, 0.25) is 0 Å². The first-order chi connectivity index (χ1) is 10.1. The van der Waals surface area contributed by atoms with E-state index in [1.807, 2.05) is 13.8 Å². The van der Waals surface area contributed by atoms with Gasteiger partial charge in [0.05, 0.1) is 25.6 Å². The van der Waals surface area contributed by atoms with Crippen molar-refractivity contribution in [3.05, 3.63) is 35.7 Å². The number of methoxy groups -OCH3 is 2. The zero-order valence-corrected chi connectivity index (χ0v) is 12.5. The highest BCUT2D eigenvalue weighted by atomic mass is 16.6. The quantitative estimate of drug-likeness (QED) is 0.756. The van der Waals surface area contributed by atoms with Gasteiger partial charge in [-0.05, 0) is 26.0 Å². The molecule has 0 spiro atoms. The molecule has 2 rings (SSSR count). The molecule has 6 nitrogen and oxygen atoms in total. The molecule has 0 aliphatic heterocycles. The molecule has 0 aliphatic carbocycles. The van der Waals surface area contributed by atoms with Crippen LogP contribution in [0.3, 0.4) is 0 Å². The first kappa shape index (κ1) is 15.0. The van der Waals surface area contributed by atoms with Crippen molar-refractivity contribution in [2.24, 2.45) is 0 Å². The lowest BCUT2D eigenvalue weighted by atomic mass is 10.3. The minimum atomic E-state index is 0.0731. The van der Waals surface area contributed by atoms with Crippen molar-refractivity contribution in [3.8, 4) is 23.3 Å². The maximum absolute atomic E-state index is 5.55. The van der Waals surface area contributed by atoms with Crippen LogP contribution in [0.4, 0.5) is 0 Å². The molecule has 0 atom stereocenters. The molecule has 21 heavy (non-hydrogen) atoms. The van der Waals surface area contributed by atoms with E-state index in [1.165, 1.54) is 0 Å². The molecule has 0 fully saturated rings. The van der Waals surface area contributed by atoms with E-state index >= 15 is 0 Å². The van der Waals surface area contributed by atoms with E-state index in [2.05, 4.69) is 9.97 Å². The van der Waals surface area contributed by atoms with Crippen molar-refractivity contribution < 1.29 is 18.8 Å². The maximum atomic E-state index is 5.55. The number of hydrogen-bond acceptors (Lipinski definition) is 6. The van der Waals surface area contributed by atoms with Gasteiger partial charge in [-0.1, -0.05) is 0 Å². The van der Waals surface area contributed by atoms with E-state index in [9.17, 15) is 0 Å². The Labute approximate surface area is 124 Å². The second kappa shape index (κ2) is 6.83. The van der Waals surface area contributed by atoms with Gasteiger partial charge in [-0.15, -0.1) is 0 Å². The van der Waals surface area contributed by atoms with E-state index in [0.717, 1.165) is 11.4 Å². The molecule has 0 amide bonds. The average Bonchev–Trinajstić information content (AvgIpc) is 2.50. The molecule has 0 aliphatic rings. The molecule has 0 saturated carbocycles. The van der Waals surface area contributed by atoms with Gasteiger partial charge in [0.15, 0.2) is 0 Å². The van der Waals surface area contributed by atoms with Gasteiger partial charge in [0.25, 0.3) is 0 Å². The number of aryl methyl sites for hydroxylation is 2. The van der Waals surface area contributed by atoms with Gasteiger partial charge < -0.3 is 18.8 Å². The molecule has 0 unspecified atom stereocenters. The van der Waals surface area contributed by atoms with Gasteiger partial charge in [0.2, 0.25) is 11.8 Å². The van der Waals surface area contributed by atoms with Crippen molar-refractivity contribution in [2.45, 2.75) is 13.8 Å². The number of hydrogen-bond donors (Lipinski definition) is 0. The third-order valence-corrected chi connectivity index (χ3v) is 2.87. The summed E-state index contributed by atoms with van der Waals surface area (Å²) in [5.41, 5.74) is 1.48. The zero-order valence-electron chi connectivity index (χ0n) is 12.5. The molecule has 2 heterocycles. The normalized spacial score (nSPS) is 9.90. The van der Waals surface area contributed by atoms with Crippen molar-refractivity contribution >= 4 is 7.69 Å². The van der Waals surface area contributed by atoms with Crippen LogP contribution in [0.25, 0.3) is 0 Å². The van der Waals surface area contributed by atoms with Crippen LogP contribution in [0.5, 0.6) is 23.3 Å². The van der Waals surface area contributed by atoms with E-state index in [1.54, 1.807) is 38.5 Å². The van der Waals surface area contributed by atoms with Crippen LogP contribution in [-0.2, 0) is 0 Å². The SMILES string of the molecule is COc1ccc(OBOc2ccc(OC)nc2C)c(C)n1. The fourth-order valence-corrected chi connectivity index (χ4v) is 1.74. The summed E-state index contributed by atoms with van der Waals surface area (Å²) in [6.45, 7) is 3.69. The predicted octanol–water partition coefficient (Wildman–Crippen LogP) is 1.83. The first-order valence-electron chi connectivity index (χ1n) is 6.43. The molecule has 0 aromatic carbocycles. The number of aromatic nitrogens is 2. The predicted molar refractivity (Wildman–Crippen MR) is 79.5 cm³/mol. The summed E-state index contributed by atoms with van der Waals surface area (Å²) in [5.74, 6) is 2.40. The van der Waals surface area contributed by atoms with Crippen LogP contribution in [0, 0.1) is 13.8 Å². The Bertz CT molecular complexity index is 568. The van der Waals surface area contributed by atoms with Crippen molar-refractivity contribution in [3.63, 3.8) is 0 Å². The largest absolute Gasteiger partial charge is 0.576 e. The minimum absolute atomic E-state index is 0.0731. The summed E-state index contributed by atoms with van der Waals surface area (Å²) in [4.78, 5) is 8.45. The van der Waals surface area contributed by atoms with E-state index in [4.69, 9.17) is 18.8 Å². The van der Waals surface area contributed by atoms with Gasteiger partial charge in [-0.3, -0.25) is 0 Å². The van der Waals surface area contributed by atoms with Crippen LogP contribution in [-0.4, -0.2) is 31.9 Å². The Kier molecular flexibility index (Phi) is 4.87. The van der Waals surface area contributed by atoms with Crippen molar-refractivity contribution in [2.75, 3.05) is 14.2 Å². The molecular formula is C14H17BN2O4. The fraction of sp³-hybridized carbons (Fsp3) is 0.286. The number of rotatable bonds is 6. The third kappa shape index (κ3) is 3.78. The summed E-state index contributed by atoms with van der Waals surface area (Å²) in [7, 11) is 3.22. The van der Waals surface area contributed by atoms with Gasteiger partial charge >= 0.3 is 7.69 Å². The number of pyridine rings is 2. The third-order valence-electron chi connectivity index (χ3n) is 2.87. The molecular weight excluding hydrogens is 271 g/mol. The topological polar surface area (TPSA) is 62.7 Å². The lowest BCUT2D eigenvalue weighted by Gasteiger charge is -2.11. The molecule has 2 aromatic rings. The lowest BCUT2D eigenvalue weighted by molar-refractivity contribution is 0.391. The Morgan fingerprint density at radius 2 is 1.19 bits per heavy atom. The second-order valence-electron chi connectivity index (χ2n) is 4.28. The lowest BCUT2D eigenvalue weighted by Crippen LogP contribution is -2.13. The van der Waals surface area contributed by atoms with Gasteiger partial charge in [-0.2, -0.15) is 0 Å². The average molecular weight is 288 g/mol. The highest BCUT2D eigenvalue weighted by Gasteiger charge is 2.08. The number of ether oxygens (including phenoxy) is 2. The molecule has 0 radical (unpaired) electrons. The molecule has 0 N–H and O–H groups in total. The molecule has 110 valence electrons. The van der Waals surface area contributed by atoms with Crippen molar-refractivity contribution in [1.82, 2.24) is 9.97 Å². The van der Waals surface area contributed by atoms with Crippen molar-refractivity contribution in [1.29, 1.82) is 0 Å². The first-order valence-corrected chi connectivity index (χ1v) is 6.43. The van der Waals surface area contributed by atoms with Gasteiger partial charge in [0, 0.05) is 12.1 Å². The molecule has 0 bridgehead atoms. The summed E-state index contributed by atoms with van der Waals surface area (Å²) >= 11 is 0. The van der Waals surface area contributed by atoms with E-state index in [-0.39, 0.29) is 7.69 Å². The Balaban J connectivity index is 1.95. The van der Waals surface area contributed by atoms with E-state index < -0.39 is 0 Å². The molecule has 0 saturated heterocycles. The zero-order chi connectivity index (χ0) is 15.2. The highest BCUT2D eigenvalue weighted by Crippen LogP contribution is 2.21. The Morgan fingerprint density at radius 1 is 0.762 bits per heavy atom. The molecule has 2 aromatic heterocycles.